The average Bonchev–Trinajstić information content (AvgIpc) is 2.74. The first-order valence-electron chi connectivity index (χ1n) is 10.5. The van der Waals surface area contributed by atoms with E-state index in [0.717, 1.165) is 18.6 Å². The summed E-state index contributed by atoms with van der Waals surface area (Å²) in [4.78, 5) is 26.2. The fraction of sp³-hybridized carbons (Fsp3) is 0.417. The maximum atomic E-state index is 12.2. The van der Waals surface area contributed by atoms with Crippen LogP contribution in [0.3, 0.4) is 0 Å². The Balaban J connectivity index is 1.37. The molecular weight excluding hydrogens is 380 g/mol. The summed E-state index contributed by atoms with van der Waals surface area (Å²) in [6, 6.07) is 16.8. The number of nitrogens with zero attached hydrogens (tertiary/aromatic N) is 1. The Morgan fingerprint density at radius 1 is 0.967 bits per heavy atom. The molecule has 6 nitrogen and oxygen atoms in total. The highest BCUT2D eigenvalue weighted by Crippen LogP contribution is 2.23. The molecule has 1 aliphatic rings. The molecule has 30 heavy (non-hydrogen) atoms. The van der Waals surface area contributed by atoms with Crippen LogP contribution in [0.5, 0.6) is 17.2 Å². The summed E-state index contributed by atoms with van der Waals surface area (Å²) >= 11 is 0. The van der Waals surface area contributed by atoms with Crippen LogP contribution in [-0.2, 0) is 9.59 Å². The maximum Gasteiger partial charge on any atom is 0.258 e. The van der Waals surface area contributed by atoms with Crippen molar-refractivity contribution >= 4 is 11.8 Å². The fourth-order valence-electron chi connectivity index (χ4n) is 3.40. The number of rotatable bonds is 8. The molecule has 1 heterocycles. The zero-order chi connectivity index (χ0) is 21.3. The molecule has 1 saturated heterocycles. The molecule has 0 unspecified atom stereocenters. The summed E-state index contributed by atoms with van der Waals surface area (Å²) in [6.45, 7) is 5.45. The minimum absolute atomic E-state index is 0.0363. The van der Waals surface area contributed by atoms with Crippen LogP contribution in [0.25, 0.3) is 0 Å². The second kappa shape index (κ2) is 10.7. The number of piperidine rings is 1. The number of carbonyl (C=O) groups excluding carboxylic acids is 2. The van der Waals surface area contributed by atoms with Crippen LogP contribution in [0.4, 0.5) is 0 Å². The van der Waals surface area contributed by atoms with Crippen LogP contribution in [0.1, 0.15) is 33.1 Å². The largest absolute Gasteiger partial charge is 0.484 e. The van der Waals surface area contributed by atoms with E-state index in [-0.39, 0.29) is 24.5 Å². The van der Waals surface area contributed by atoms with Crippen molar-refractivity contribution in [1.29, 1.82) is 0 Å². The van der Waals surface area contributed by atoms with Crippen LogP contribution in [-0.4, -0.2) is 42.5 Å². The highest BCUT2D eigenvalue weighted by Gasteiger charge is 2.24. The molecule has 6 heteroatoms. The van der Waals surface area contributed by atoms with E-state index in [9.17, 15) is 9.59 Å². The summed E-state index contributed by atoms with van der Waals surface area (Å²) in [6.07, 6.45) is 2.14. The molecule has 0 radical (unpaired) electrons. The molecule has 1 aliphatic heterocycles. The van der Waals surface area contributed by atoms with Crippen molar-refractivity contribution in [1.82, 2.24) is 10.2 Å². The molecule has 1 fully saturated rings. The molecule has 1 N–H and O–H groups in total. The second-order valence-electron chi connectivity index (χ2n) is 8.00. The number of carbonyl (C=O) groups is 2. The van der Waals surface area contributed by atoms with Crippen LogP contribution in [0.15, 0.2) is 54.6 Å². The van der Waals surface area contributed by atoms with Gasteiger partial charge in [0.25, 0.3) is 5.91 Å². The summed E-state index contributed by atoms with van der Waals surface area (Å²) in [5, 5.41) is 3.01. The normalized spacial score (nSPS) is 14.4. The van der Waals surface area contributed by atoms with Crippen molar-refractivity contribution in [3.8, 4) is 17.2 Å². The molecule has 0 atom stereocenters. The van der Waals surface area contributed by atoms with Gasteiger partial charge in [0.05, 0.1) is 0 Å². The number of benzene rings is 2. The molecule has 3 rings (SSSR count). The van der Waals surface area contributed by atoms with E-state index in [0.29, 0.717) is 36.9 Å². The fourth-order valence-corrected chi connectivity index (χ4v) is 3.40. The molecule has 2 aromatic carbocycles. The Bertz CT molecular complexity index is 813. The third-order valence-corrected chi connectivity index (χ3v) is 4.97. The van der Waals surface area contributed by atoms with Crippen molar-refractivity contribution in [3.63, 3.8) is 0 Å². The minimum atomic E-state index is -0.147. The number of nitrogens with one attached hydrogen (secondary N) is 1. The Hall–Kier alpha value is -3.02. The summed E-state index contributed by atoms with van der Waals surface area (Å²) in [5.41, 5.74) is 0. The number of amides is 2. The van der Waals surface area contributed by atoms with Gasteiger partial charge in [0, 0.05) is 25.6 Å². The van der Waals surface area contributed by atoms with Gasteiger partial charge in [-0.15, -0.1) is 0 Å². The number of ether oxygens (including phenoxy) is 2. The average molecular weight is 411 g/mol. The van der Waals surface area contributed by atoms with E-state index in [1.165, 1.54) is 0 Å². The zero-order valence-electron chi connectivity index (χ0n) is 17.7. The monoisotopic (exact) mass is 410 g/mol. The zero-order valence-corrected chi connectivity index (χ0v) is 17.7. The lowest BCUT2D eigenvalue weighted by Crippen LogP contribution is -2.47. The van der Waals surface area contributed by atoms with Crippen molar-refractivity contribution in [3.05, 3.63) is 54.6 Å². The van der Waals surface area contributed by atoms with Gasteiger partial charge in [-0.05, 0) is 55.2 Å². The van der Waals surface area contributed by atoms with E-state index in [1.807, 2.05) is 47.4 Å². The summed E-state index contributed by atoms with van der Waals surface area (Å²) < 4.78 is 11.3. The third-order valence-electron chi connectivity index (χ3n) is 4.97. The Morgan fingerprint density at radius 3 is 2.20 bits per heavy atom. The van der Waals surface area contributed by atoms with E-state index in [4.69, 9.17) is 9.47 Å². The molecule has 0 aromatic heterocycles. The number of hydrogen-bond donors (Lipinski definition) is 1. The lowest BCUT2D eigenvalue weighted by atomic mass is 10.0. The van der Waals surface area contributed by atoms with Gasteiger partial charge in [-0.3, -0.25) is 9.59 Å². The van der Waals surface area contributed by atoms with Crippen LogP contribution >= 0.6 is 0 Å². The van der Waals surface area contributed by atoms with Crippen molar-refractivity contribution in [2.24, 2.45) is 5.92 Å². The molecule has 0 saturated carbocycles. The van der Waals surface area contributed by atoms with Crippen molar-refractivity contribution in [2.75, 3.05) is 19.7 Å². The van der Waals surface area contributed by atoms with E-state index < -0.39 is 0 Å². The van der Waals surface area contributed by atoms with E-state index in [2.05, 4.69) is 19.2 Å². The maximum absolute atomic E-state index is 12.2. The molecule has 0 aliphatic carbocycles. The molecule has 0 bridgehead atoms. The Labute approximate surface area is 178 Å². The van der Waals surface area contributed by atoms with Gasteiger partial charge in [0.1, 0.15) is 17.2 Å². The lowest BCUT2D eigenvalue weighted by Gasteiger charge is -2.32. The predicted molar refractivity (Wildman–Crippen MR) is 116 cm³/mol. The van der Waals surface area contributed by atoms with E-state index in [1.54, 1.807) is 12.1 Å². The molecule has 2 aromatic rings. The number of para-hydroxylation sites is 1. The van der Waals surface area contributed by atoms with Crippen LogP contribution in [0, 0.1) is 5.92 Å². The quantitative estimate of drug-likeness (QED) is 0.714. The summed E-state index contributed by atoms with van der Waals surface area (Å²) in [5.74, 6) is 2.51. The molecule has 0 spiro atoms. The molecule has 2 amide bonds. The minimum Gasteiger partial charge on any atom is -0.484 e. The van der Waals surface area contributed by atoms with Gasteiger partial charge >= 0.3 is 0 Å². The van der Waals surface area contributed by atoms with E-state index >= 15 is 0 Å². The molecule has 160 valence electrons. The topological polar surface area (TPSA) is 67.9 Å². The highest BCUT2D eigenvalue weighted by atomic mass is 16.5. The van der Waals surface area contributed by atoms with Gasteiger partial charge in [-0.2, -0.15) is 0 Å². The predicted octanol–water partition coefficient (Wildman–Crippen LogP) is 4.01. The standard InChI is InChI=1S/C24H30N2O4/c1-18(2)16-24(28)26-14-12-19(13-15-26)25-23(27)17-29-20-8-10-22(11-9-20)30-21-6-4-3-5-7-21/h3-11,18-19H,12-17H2,1-2H3,(H,25,27). The van der Waals surface area contributed by atoms with Gasteiger partial charge in [0.15, 0.2) is 6.61 Å². The lowest BCUT2D eigenvalue weighted by molar-refractivity contribution is -0.133. The smallest absolute Gasteiger partial charge is 0.258 e. The number of hydrogen-bond acceptors (Lipinski definition) is 4. The van der Waals surface area contributed by atoms with Gasteiger partial charge < -0.3 is 19.7 Å². The van der Waals surface area contributed by atoms with Crippen LogP contribution in [0.2, 0.25) is 0 Å². The third kappa shape index (κ3) is 6.79. The molecular formula is C24H30N2O4. The van der Waals surface area contributed by atoms with Crippen LogP contribution < -0.4 is 14.8 Å². The Morgan fingerprint density at radius 2 is 1.57 bits per heavy atom. The first-order chi connectivity index (χ1) is 14.5. The highest BCUT2D eigenvalue weighted by molar-refractivity contribution is 5.78. The van der Waals surface area contributed by atoms with Gasteiger partial charge in [0.2, 0.25) is 5.91 Å². The Kier molecular flexibility index (Phi) is 7.71. The second-order valence-corrected chi connectivity index (χ2v) is 8.00. The van der Waals surface area contributed by atoms with Gasteiger partial charge in [-0.25, -0.2) is 0 Å². The first kappa shape index (κ1) is 21.7. The number of likely N-dealkylation sites (tertiary alicyclic amines) is 1. The van der Waals surface area contributed by atoms with Gasteiger partial charge in [-0.1, -0.05) is 32.0 Å². The SMILES string of the molecule is CC(C)CC(=O)N1CCC(NC(=O)COc2ccc(Oc3ccccc3)cc2)CC1. The summed E-state index contributed by atoms with van der Waals surface area (Å²) in [7, 11) is 0. The van der Waals surface area contributed by atoms with Crippen molar-refractivity contribution < 1.29 is 19.1 Å². The first-order valence-corrected chi connectivity index (χ1v) is 10.5. The van der Waals surface area contributed by atoms with Crippen molar-refractivity contribution in [2.45, 2.75) is 39.2 Å².